The van der Waals surface area contributed by atoms with Crippen LogP contribution in [0.25, 0.3) is 10.8 Å². The Hall–Kier alpha value is -7.92. The lowest BCUT2D eigenvalue weighted by atomic mass is 9.12. The Morgan fingerprint density at radius 1 is 0.389 bits per heavy atom. The molecule has 1 N–H and O–H groups in total. The first-order valence-corrected chi connectivity index (χ1v) is 19.9. The van der Waals surface area contributed by atoms with Crippen molar-refractivity contribution in [3.05, 3.63) is 230 Å². The maximum atomic E-state index is 15.4. The van der Waals surface area contributed by atoms with Crippen LogP contribution in [0.3, 0.4) is 0 Å². The largest absolute Gasteiger partial charge is 0.478 e. The van der Waals surface area contributed by atoms with E-state index in [1.54, 1.807) is 12.1 Å². The van der Waals surface area contributed by atoms with Gasteiger partial charge in [0, 0.05) is 17.0 Å². The molecule has 372 valence electrons. The van der Waals surface area contributed by atoms with Crippen LogP contribution in [0.4, 0.5) is 87.8 Å². The summed E-state index contributed by atoms with van der Waals surface area (Å²) in [4.78, 5) is 11.3. The minimum atomic E-state index is -7.22. The van der Waals surface area contributed by atoms with E-state index in [4.69, 9.17) is 0 Å². The molecule has 0 spiro atoms. The highest BCUT2D eigenvalue weighted by atomic mass is 19.2. The molecular formula is C48H20BF20NO2. The molecule has 0 amide bonds. The van der Waals surface area contributed by atoms with E-state index in [9.17, 15) is 62.6 Å². The van der Waals surface area contributed by atoms with Crippen molar-refractivity contribution in [3.63, 3.8) is 0 Å². The Balaban J connectivity index is 0.000000238. The normalized spacial score (nSPS) is 11.6. The van der Waals surface area contributed by atoms with Crippen molar-refractivity contribution in [2.75, 3.05) is 0 Å². The van der Waals surface area contributed by atoms with Gasteiger partial charge in [0.2, 0.25) is 0 Å². The van der Waals surface area contributed by atoms with Gasteiger partial charge in [-0.05, 0) is 29.1 Å². The molecule has 8 rings (SSSR count). The highest BCUT2D eigenvalue weighted by molar-refractivity contribution is 7.20. The van der Waals surface area contributed by atoms with E-state index in [1.807, 2.05) is 42.5 Å². The van der Waals surface area contributed by atoms with Gasteiger partial charge in [-0.15, -0.1) is 21.9 Å². The van der Waals surface area contributed by atoms with E-state index < -0.39 is 150 Å². The van der Waals surface area contributed by atoms with Gasteiger partial charge in [0.1, 0.15) is 52.7 Å². The van der Waals surface area contributed by atoms with Crippen molar-refractivity contribution < 1.29 is 102 Å². The Morgan fingerprint density at radius 3 is 1.10 bits per heavy atom. The van der Waals surface area contributed by atoms with E-state index in [1.165, 1.54) is 22.0 Å². The zero-order chi connectivity index (χ0) is 53.0. The molecule has 7 aromatic carbocycles. The van der Waals surface area contributed by atoms with Gasteiger partial charge in [-0.2, -0.15) is 4.57 Å². The standard InChI is InChI=1S/C24BF20.C24H19NO2/c26-5-1(6(27)14(35)21(42)13(5)34)25(2-7(28)15(36)22(43)16(37)8(2)29,3-9(30)17(38)23(44)18(39)10(3)31)4-11(32)19(40)24(45)20(41)12(4)33;26-24(27)21-11-6-9-19(15-21)16-23-22-12-5-4-10-20(22)13-14-25(23)17-18-7-2-1-3-8-18/h;1-15H,16-17H2/q-1;/p+1. The summed E-state index contributed by atoms with van der Waals surface area (Å²) in [5.41, 5.74) is -10.6. The van der Waals surface area contributed by atoms with Gasteiger partial charge in [-0.1, -0.05) is 60.7 Å². The molecule has 8 aromatic rings. The molecule has 0 fully saturated rings. The number of benzene rings is 7. The molecule has 0 bridgehead atoms. The molecule has 1 aromatic heterocycles. The van der Waals surface area contributed by atoms with Crippen LogP contribution >= 0.6 is 0 Å². The quantitative estimate of drug-likeness (QED) is 0.0515. The fraction of sp³-hybridized carbons (Fsp3) is 0.0417. The number of aromatic carboxylic acids is 1. The average Bonchev–Trinajstić information content (AvgIpc) is 3.37. The number of carboxylic acids is 1. The first-order chi connectivity index (χ1) is 33.9. The van der Waals surface area contributed by atoms with Crippen LogP contribution in [0.2, 0.25) is 0 Å². The predicted octanol–water partition coefficient (Wildman–Crippen LogP) is 10.3. The monoisotopic (exact) mass is 1030 g/mol. The summed E-state index contributed by atoms with van der Waals surface area (Å²) >= 11 is 0. The summed E-state index contributed by atoms with van der Waals surface area (Å²) in [6.45, 7) is 0.777. The third kappa shape index (κ3) is 8.40. The number of carbonyl (C=O) groups is 1. The van der Waals surface area contributed by atoms with Crippen molar-refractivity contribution in [1.29, 1.82) is 0 Å². The minimum absolute atomic E-state index is 0.322. The Bertz CT molecular complexity index is 3140. The van der Waals surface area contributed by atoms with Crippen LogP contribution in [-0.2, 0) is 13.0 Å². The van der Waals surface area contributed by atoms with Crippen molar-refractivity contribution in [2.24, 2.45) is 0 Å². The number of fused-ring (bicyclic) bond motifs is 1. The molecule has 0 aliphatic rings. The van der Waals surface area contributed by atoms with Gasteiger partial charge in [-0.25, -0.2) is 92.6 Å². The molecule has 1 heterocycles. The van der Waals surface area contributed by atoms with Crippen LogP contribution < -0.4 is 26.4 Å². The number of aromatic nitrogens is 1. The molecule has 0 unspecified atom stereocenters. The summed E-state index contributed by atoms with van der Waals surface area (Å²) in [7, 11) is 0. The highest BCUT2D eigenvalue weighted by Crippen LogP contribution is 2.31. The Kier molecular flexibility index (Phi) is 14.2. The van der Waals surface area contributed by atoms with E-state index in [-0.39, 0.29) is 0 Å². The van der Waals surface area contributed by atoms with Crippen molar-refractivity contribution in [1.82, 2.24) is 0 Å². The highest BCUT2D eigenvalue weighted by Gasteiger charge is 2.52. The summed E-state index contributed by atoms with van der Waals surface area (Å²) < 4.78 is 296. The zero-order valence-corrected chi connectivity index (χ0v) is 35.0. The van der Waals surface area contributed by atoms with Gasteiger partial charge in [0.05, 0.1) is 12.0 Å². The van der Waals surface area contributed by atoms with Crippen LogP contribution in [0.1, 0.15) is 27.2 Å². The van der Waals surface area contributed by atoms with Crippen LogP contribution in [0.15, 0.2) is 91.1 Å². The lowest BCUT2D eigenvalue weighted by Crippen LogP contribution is -2.81. The number of halogens is 20. The summed E-state index contributed by atoms with van der Waals surface area (Å²) in [5, 5.41) is 11.7. The van der Waals surface area contributed by atoms with E-state index in [0.29, 0.717) is 12.0 Å². The topological polar surface area (TPSA) is 41.2 Å². The number of nitrogens with zero attached hydrogens (tertiary/aromatic N) is 1. The van der Waals surface area contributed by atoms with Crippen molar-refractivity contribution in [2.45, 2.75) is 13.0 Å². The SMILES string of the molecule is Fc1c(F)c(F)c([B-](c2c(F)c(F)c(F)c(F)c2F)(c2c(F)c(F)c(F)c(F)c2F)c2c(F)c(F)c(F)c(F)c2F)c(F)c1F.O=C(O)c1cccc(Cc2c3ccccc3cc[n+]2Cc2ccccc2)c1. The summed E-state index contributed by atoms with van der Waals surface area (Å²) in [6, 6.07) is 28.0. The van der Waals surface area contributed by atoms with Gasteiger partial charge >= 0.3 is 5.97 Å². The Labute approximate surface area is 389 Å². The van der Waals surface area contributed by atoms with Crippen molar-refractivity contribution >= 4 is 44.7 Å². The number of hydrogen-bond acceptors (Lipinski definition) is 1. The second-order valence-corrected chi connectivity index (χ2v) is 15.4. The van der Waals surface area contributed by atoms with E-state index in [0.717, 1.165) is 12.1 Å². The van der Waals surface area contributed by atoms with Crippen molar-refractivity contribution in [3.8, 4) is 0 Å². The van der Waals surface area contributed by atoms with Crippen LogP contribution in [0.5, 0.6) is 0 Å². The van der Waals surface area contributed by atoms with Gasteiger partial charge < -0.3 is 5.11 Å². The molecular weight excluding hydrogens is 1010 g/mol. The second-order valence-electron chi connectivity index (χ2n) is 15.4. The van der Waals surface area contributed by atoms with Gasteiger partial charge in [0.15, 0.2) is 88.2 Å². The molecule has 3 nitrogen and oxygen atoms in total. The number of carboxylic acid groups (broad SMARTS) is 1. The first kappa shape index (κ1) is 51.9. The molecule has 0 atom stereocenters. The zero-order valence-electron chi connectivity index (χ0n) is 35.0. The average molecular weight is 1030 g/mol. The fourth-order valence-corrected chi connectivity index (χ4v) is 8.33. The minimum Gasteiger partial charge on any atom is -0.478 e. The molecule has 0 saturated carbocycles. The number of hydrogen-bond donors (Lipinski definition) is 1. The molecule has 0 radical (unpaired) electrons. The molecule has 24 heteroatoms. The summed E-state index contributed by atoms with van der Waals surface area (Å²) in [6.07, 6.45) is -4.42. The number of rotatable bonds is 9. The molecule has 0 saturated heterocycles. The predicted molar refractivity (Wildman–Crippen MR) is 215 cm³/mol. The van der Waals surface area contributed by atoms with E-state index >= 15 is 35.1 Å². The first-order valence-electron chi connectivity index (χ1n) is 19.9. The lowest BCUT2D eigenvalue weighted by Gasteiger charge is -2.44. The second kappa shape index (κ2) is 19.7. The maximum Gasteiger partial charge on any atom is 0.335 e. The lowest BCUT2D eigenvalue weighted by molar-refractivity contribution is -0.693. The third-order valence-corrected chi connectivity index (χ3v) is 11.5. The summed E-state index contributed by atoms with van der Waals surface area (Å²) in [5.74, 6) is -72.3. The van der Waals surface area contributed by atoms with E-state index in [2.05, 4.69) is 41.1 Å². The fourth-order valence-electron chi connectivity index (χ4n) is 8.33. The maximum absolute atomic E-state index is 15.4. The van der Waals surface area contributed by atoms with Crippen LogP contribution in [0, 0.1) is 116 Å². The Morgan fingerprint density at radius 2 is 0.722 bits per heavy atom. The van der Waals surface area contributed by atoms with Crippen LogP contribution in [-0.4, -0.2) is 17.2 Å². The molecule has 0 aliphatic heterocycles. The number of pyridine rings is 1. The molecule has 72 heavy (non-hydrogen) atoms. The van der Waals surface area contributed by atoms with Gasteiger partial charge in [-0.3, -0.25) is 0 Å². The third-order valence-electron chi connectivity index (χ3n) is 11.5. The van der Waals surface area contributed by atoms with Gasteiger partial charge in [0.25, 0.3) is 0 Å². The molecule has 0 aliphatic carbocycles. The smallest absolute Gasteiger partial charge is 0.335 e.